The van der Waals surface area contributed by atoms with Crippen LogP contribution in [0.25, 0.3) is 0 Å². The lowest BCUT2D eigenvalue weighted by molar-refractivity contribution is -0.127. The molecular weight excluding hydrogens is 260 g/mol. The Morgan fingerprint density at radius 3 is 2.95 bits per heavy atom. The Labute approximate surface area is 119 Å². The maximum absolute atomic E-state index is 11.9. The zero-order valence-corrected chi connectivity index (χ0v) is 12.3. The van der Waals surface area contributed by atoms with E-state index in [0.29, 0.717) is 18.5 Å². The maximum atomic E-state index is 11.9. The number of rotatable bonds is 5. The van der Waals surface area contributed by atoms with Crippen LogP contribution in [0, 0.1) is 0 Å². The number of benzene rings is 1. The quantitative estimate of drug-likeness (QED) is 0.899. The molecule has 0 radical (unpaired) electrons. The molecule has 1 fully saturated rings. The third kappa shape index (κ3) is 4.22. The fraction of sp³-hybridized carbons (Fsp3) is 0.533. The van der Waals surface area contributed by atoms with Crippen LogP contribution in [0.5, 0.6) is 0 Å². The van der Waals surface area contributed by atoms with Gasteiger partial charge in [0.1, 0.15) is 0 Å². The van der Waals surface area contributed by atoms with E-state index in [1.807, 2.05) is 23.1 Å². The molecule has 1 aromatic rings. The van der Waals surface area contributed by atoms with Gasteiger partial charge in [-0.25, -0.2) is 0 Å². The standard InChI is InChI=1S/C15H21ClN2O/c1-11(2)17-14-9-15(19)18(10-14)7-6-12-4-3-5-13(16)8-12/h3-5,8,11,14,17H,6-7,9-10H2,1-2H3/t14-/m1/s1. The summed E-state index contributed by atoms with van der Waals surface area (Å²) >= 11 is 5.96. The number of carbonyl (C=O) groups excluding carboxylic acids is 1. The molecule has 4 heteroatoms. The number of amides is 1. The van der Waals surface area contributed by atoms with E-state index >= 15 is 0 Å². The van der Waals surface area contributed by atoms with Crippen LogP contribution in [0.1, 0.15) is 25.8 Å². The van der Waals surface area contributed by atoms with Crippen molar-refractivity contribution in [3.63, 3.8) is 0 Å². The first-order chi connectivity index (χ1) is 9.04. The Morgan fingerprint density at radius 2 is 2.26 bits per heavy atom. The van der Waals surface area contributed by atoms with Gasteiger partial charge in [0.25, 0.3) is 0 Å². The fourth-order valence-corrected chi connectivity index (χ4v) is 2.74. The molecule has 2 rings (SSSR count). The molecule has 19 heavy (non-hydrogen) atoms. The van der Waals surface area contributed by atoms with Crippen LogP contribution in [0.2, 0.25) is 5.02 Å². The number of hydrogen-bond donors (Lipinski definition) is 1. The maximum Gasteiger partial charge on any atom is 0.224 e. The third-order valence-corrected chi connectivity index (χ3v) is 3.58. The topological polar surface area (TPSA) is 32.3 Å². The number of hydrogen-bond acceptors (Lipinski definition) is 2. The summed E-state index contributed by atoms with van der Waals surface area (Å²) in [5.41, 5.74) is 1.18. The summed E-state index contributed by atoms with van der Waals surface area (Å²) in [7, 11) is 0. The number of carbonyl (C=O) groups is 1. The van der Waals surface area contributed by atoms with Crippen molar-refractivity contribution in [2.24, 2.45) is 0 Å². The van der Waals surface area contributed by atoms with Crippen LogP contribution in [0.4, 0.5) is 0 Å². The summed E-state index contributed by atoms with van der Waals surface area (Å²) < 4.78 is 0. The summed E-state index contributed by atoms with van der Waals surface area (Å²) in [4.78, 5) is 13.9. The van der Waals surface area contributed by atoms with Crippen LogP contribution in [0.15, 0.2) is 24.3 Å². The Kier molecular flexibility index (Phi) is 4.83. The average Bonchev–Trinajstić information content (AvgIpc) is 2.66. The van der Waals surface area contributed by atoms with Crippen molar-refractivity contribution < 1.29 is 4.79 Å². The fourth-order valence-electron chi connectivity index (χ4n) is 2.53. The number of likely N-dealkylation sites (tertiary alicyclic amines) is 1. The molecule has 1 aromatic carbocycles. The Bertz CT molecular complexity index is 448. The lowest BCUT2D eigenvalue weighted by Crippen LogP contribution is -2.37. The number of nitrogens with zero attached hydrogens (tertiary/aromatic N) is 1. The Morgan fingerprint density at radius 1 is 1.47 bits per heavy atom. The van der Waals surface area contributed by atoms with E-state index in [-0.39, 0.29) is 5.91 Å². The molecule has 1 amide bonds. The van der Waals surface area contributed by atoms with Crippen LogP contribution in [-0.4, -0.2) is 36.0 Å². The second-order valence-electron chi connectivity index (χ2n) is 5.44. The van der Waals surface area contributed by atoms with Crippen molar-refractivity contribution in [2.45, 2.75) is 38.8 Å². The van der Waals surface area contributed by atoms with Gasteiger partial charge in [-0.05, 0) is 24.1 Å². The van der Waals surface area contributed by atoms with Crippen LogP contribution >= 0.6 is 11.6 Å². The Balaban J connectivity index is 1.85. The average molecular weight is 281 g/mol. The van der Waals surface area contributed by atoms with Gasteiger partial charge in [0.2, 0.25) is 5.91 Å². The molecule has 3 nitrogen and oxygen atoms in total. The van der Waals surface area contributed by atoms with Gasteiger partial charge in [0.05, 0.1) is 0 Å². The molecule has 0 unspecified atom stereocenters. The van der Waals surface area contributed by atoms with E-state index in [2.05, 4.69) is 25.2 Å². The summed E-state index contributed by atoms with van der Waals surface area (Å²) in [5.74, 6) is 0.250. The molecule has 1 N–H and O–H groups in total. The van der Waals surface area contributed by atoms with Crippen LogP contribution in [0.3, 0.4) is 0 Å². The van der Waals surface area contributed by atoms with E-state index in [4.69, 9.17) is 11.6 Å². The third-order valence-electron chi connectivity index (χ3n) is 3.34. The molecule has 1 saturated heterocycles. The molecule has 0 spiro atoms. The molecule has 104 valence electrons. The zero-order valence-electron chi connectivity index (χ0n) is 11.5. The Hall–Kier alpha value is -1.06. The zero-order chi connectivity index (χ0) is 13.8. The van der Waals surface area contributed by atoms with Gasteiger partial charge in [0.15, 0.2) is 0 Å². The highest BCUT2D eigenvalue weighted by Crippen LogP contribution is 2.15. The van der Waals surface area contributed by atoms with Crippen molar-refractivity contribution in [3.8, 4) is 0 Å². The predicted octanol–water partition coefficient (Wildman–Crippen LogP) is 2.48. The van der Waals surface area contributed by atoms with Crippen molar-refractivity contribution in [2.75, 3.05) is 13.1 Å². The molecule has 1 aliphatic heterocycles. The number of halogens is 1. The predicted molar refractivity (Wildman–Crippen MR) is 78.4 cm³/mol. The van der Waals surface area contributed by atoms with Gasteiger partial charge >= 0.3 is 0 Å². The van der Waals surface area contributed by atoms with Gasteiger partial charge in [-0.2, -0.15) is 0 Å². The molecule has 1 heterocycles. The lowest BCUT2D eigenvalue weighted by atomic mass is 10.1. The molecule has 1 aliphatic rings. The van der Waals surface area contributed by atoms with E-state index in [9.17, 15) is 4.79 Å². The summed E-state index contributed by atoms with van der Waals surface area (Å²) in [6, 6.07) is 8.56. The molecular formula is C15H21ClN2O. The second-order valence-corrected chi connectivity index (χ2v) is 5.88. The smallest absolute Gasteiger partial charge is 0.224 e. The molecule has 0 saturated carbocycles. The van der Waals surface area contributed by atoms with Gasteiger partial charge in [-0.3, -0.25) is 4.79 Å². The van der Waals surface area contributed by atoms with E-state index in [0.717, 1.165) is 24.5 Å². The van der Waals surface area contributed by atoms with Crippen molar-refractivity contribution in [1.82, 2.24) is 10.2 Å². The minimum Gasteiger partial charge on any atom is -0.341 e. The first kappa shape index (κ1) is 14.4. The molecule has 0 aliphatic carbocycles. The minimum atomic E-state index is 0.250. The number of nitrogens with one attached hydrogen (secondary N) is 1. The molecule has 0 aromatic heterocycles. The SMILES string of the molecule is CC(C)N[C@@H]1CC(=O)N(CCc2cccc(Cl)c2)C1. The van der Waals surface area contributed by atoms with Crippen molar-refractivity contribution in [3.05, 3.63) is 34.9 Å². The first-order valence-corrected chi connectivity index (χ1v) is 7.20. The second kappa shape index (κ2) is 6.40. The minimum absolute atomic E-state index is 0.250. The van der Waals surface area contributed by atoms with Crippen molar-refractivity contribution in [1.29, 1.82) is 0 Å². The highest BCUT2D eigenvalue weighted by Gasteiger charge is 2.29. The van der Waals surface area contributed by atoms with Gasteiger partial charge < -0.3 is 10.2 Å². The largest absolute Gasteiger partial charge is 0.341 e. The highest BCUT2D eigenvalue weighted by atomic mass is 35.5. The monoisotopic (exact) mass is 280 g/mol. The lowest BCUT2D eigenvalue weighted by Gasteiger charge is -2.18. The van der Waals surface area contributed by atoms with Gasteiger partial charge in [-0.15, -0.1) is 0 Å². The van der Waals surface area contributed by atoms with E-state index in [1.54, 1.807) is 0 Å². The summed E-state index contributed by atoms with van der Waals surface area (Å²) in [6.45, 7) is 5.81. The molecule has 0 bridgehead atoms. The van der Waals surface area contributed by atoms with Crippen LogP contribution in [-0.2, 0) is 11.2 Å². The highest BCUT2D eigenvalue weighted by molar-refractivity contribution is 6.30. The van der Waals surface area contributed by atoms with Gasteiger partial charge in [0, 0.05) is 36.6 Å². The van der Waals surface area contributed by atoms with Gasteiger partial charge in [-0.1, -0.05) is 37.6 Å². The first-order valence-electron chi connectivity index (χ1n) is 6.83. The molecule has 1 atom stereocenters. The van der Waals surface area contributed by atoms with Crippen molar-refractivity contribution >= 4 is 17.5 Å². The normalized spacial score (nSPS) is 19.5. The van der Waals surface area contributed by atoms with E-state index < -0.39 is 0 Å². The van der Waals surface area contributed by atoms with Crippen LogP contribution < -0.4 is 5.32 Å². The van der Waals surface area contributed by atoms with E-state index in [1.165, 1.54) is 5.56 Å². The summed E-state index contributed by atoms with van der Waals surface area (Å²) in [5, 5.41) is 4.18. The summed E-state index contributed by atoms with van der Waals surface area (Å²) in [6.07, 6.45) is 1.48.